The number of primary amides is 1. The van der Waals surface area contributed by atoms with Crippen LogP contribution in [0.3, 0.4) is 0 Å². The van der Waals surface area contributed by atoms with Crippen molar-refractivity contribution < 1.29 is 53.7 Å². The Morgan fingerprint density at radius 1 is 0.746 bits per heavy atom. The summed E-state index contributed by atoms with van der Waals surface area (Å²) in [6.07, 6.45) is 15.1. The van der Waals surface area contributed by atoms with Gasteiger partial charge in [-0.1, -0.05) is 96.1 Å². The van der Waals surface area contributed by atoms with Crippen LogP contribution >= 0.6 is 0 Å². The van der Waals surface area contributed by atoms with Crippen LogP contribution in [0.1, 0.15) is 128 Å². The Bertz CT molecular complexity index is 2030. The number of unbranched alkanes of at least 4 members (excludes halogenated alkanes) is 12. The van der Waals surface area contributed by atoms with Crippen LogP contribution in [0.5, 0.6) is 11.5 Å². The molecule has 370 valence electrons. The van der Waals surface area contributed by atoms with Gasteiger partial charge in [0.25, 0.3) is 0 Å². The predicted molar refractivity (Wildman–Crippen MR) is 251 cm³/mol. The number of carbonyl (C=O) groups excluding carboxylic acids is 8. The lowest BCUT2D eigenvalue weighted by atomic mass is 9.93. The molecule has 0 fully saturated rings. The van der Waals surface area contributed by atoms with Gasteiger partial charge in [0.1, 0.15) is 41.7 Å². The molecule has 0 saturated heterocycles. The molecule has 67 heavy (non-hydrogen) atoms. The van der Waals surface area contributed by atoms with Gasteiger partial charge in [-0.25, -0.2) is 0 Å². The number of fused-ring (bicyclic) bond motifs is 5. The van der Waals surface area contributed by atoms with Crippen LogP contribution < -0.4 is 32.3 Å². The van der Waals surface area contributed by atoms with Crippen molar-refractivity contribution in [2.45, 2.75) is 147 Å². The van der Waals surface area contributed by atoms with Crippen molar-refractivity contribution >= 4 is 47.3 Å². The first-order valence-electron chi connectivity index (χ1n) is 23.4. The minimum absolute atomic E-state index is 0.0605. The van der Waals surface area contributed by atoms with Crippen molar-refractivity contribution in [3.63, 3.8) is 0 Å². The molecule has 3 rings (SSSR count). The summed E-state index contributed by atoms with van der Waals surface area (Å²) in [5.74, 6) is -6.50. The molecule has 5 atom stereocenters. The molecule has 0 spiro atoms. The Kier molecular flexibility index (Phi) is 23.1. The van der Waals surface area contributed by atoms with E-state index in [1.807, 2.05) is 0 Å². The van der Waals surface area contributed by atoms with Gasteiger partial charge in [0.2, 0.25) is 47.3 Å². The van der Waals surface area contributed by atoms with Crippen LogP contribution in [-0.4, -0.2) is 130 Å². The lowest BCUT2D eigenvalue weighted by molar-refractivity contribution is -0.142. The number of likely N-dealkylation sites (N-methyl/N-ethyl adjacent to an activating group) is 2. The number of phenols is 2. The summed E-state index contributed by atoms with van der Waals surface area (Å²) in [5.41, 5.74) is 5.92. The van der Waals surface area contributed by atoms with Gasteiger partial charge in [-0.2, -0.15) is 0 Å². The van der Waals surface area contributed by atoms with Gasteiger partial charge >= 0.3 is 0 Å². The first-order valence-corrected chi connectivity index (χ1v) is 23.4. The van der Waals surface area contributed by atoms with Crippen molar-refractivity contribution in [2.75, 3.05) is 33.8 Å². The number of phenolic OH excluding ortho intramolecular Hbond substituents is 2. The molecule has 1 heterocycles. The Morgan fingerprint density at radius 2 is 1.31 bits per heavy atom. The van der Waals surface area contributed by atoms with Crippen molar-refractivity contribution in [1.29, 1.82) is 0 Å². The fraction of sp³-hybridized carbons (Fsp3) is 0.583. The van der Waals surface area contributed by atoms with E-state index >= 15 is 0 Å². The first-order chi connectivity index (χ1) is 31.9. The molecule has 1 aliphatic rings. The fourth-order valence-corrected chi connectivity index (χ4v) is 7.80. The topological polar surface area (TPSA) is 290 Å². The van der Waals surface area contributed by atoms with Gasteiger partial charge < -0.3 is 57.4 Å². The van der Waals surface area contributed by atoms with Gasteiger partial charge in [-0.05, 0) is 55.7 Å². The summed E-state index contributed by atoms with van der Waals surface area (Å²) in [6, 6.07) is 1.78. The molecule has 0 saturated carbocycles. The molecule has 8 amide bonds. The minimum Gasteiger partial charge on any atom is -0.507 e. The zero-order valence-corrected chi connectivity index (χ0v) is 39.7. The van der Waals surface area contributed by atoms with Crippen LogP contribution in [0, 0.1) is 0 Å². The number of hydrogen-bond acceptors (Lipinski definition) is 11. The molecule has 0 radical (unpaired) electrons. The number of nitrogens with zero attached hydrogens (tertiary/aromatic N) is 2. The van der Waals surface area contributed by atoms with Gasteiger partial charge in [0.15, 0.2) is 0 Å². The van der Waals surface area contributed by atoms with Crippen LogP contribution in [0.25, 0.3) is 11.1 Å². The second-order valence-electron chi connectivity index (χ2n) is 17.4. The molecule has 2 aromatic rings. The zero-order valence-electron chi connectivity index (χ0n) is 39.7. The van der Waals surface area contributed by atoms with Gasteiger partial charge in [-0.15, -0.1) is 0 Å². The summed E-state index contributed by atoms with van der Waals surface area (Å²) < 4.78 is 0. The molecule has 4 bridgehead atoms. The van der Waals surface area contributed by atoms with Crippen molar-refractivity contribution in [3.05, 3.63) is 47.5 Å². The number of nitrogens with one attached hydrogen (secondary N) is 5. The molecule has 1 aliphatic heterocycles. The maximum absolute atomic E-state index is 14.0. The lowest BCUT2D eigenvalue weighted by Crippen LogP contribution is -2.56. The maximum atomic E-state index is 14.0. The van der Waals surface area contributed by atoms with E-state index in [4.69, 9.17) is 5.73 Å². The standard InChI is InChI=1S/C48H72N8O11/c1-6-7-8-9-10-11-12-13-14-15-16-17-18-19-41(61)55(4)37(29-57)47(66)52-30(2)44(63)51-28-42(62)56(5)43-33-21-23-39(59)35(26-33)34-24-32(20-22-38(34)58)25-36(46(65)50-27-40(49)60)54-45(64)31(3)53-48(43)67/h20-24,26,30-31,36-37,43,57-59H,6-19,25,27-29H2,1-5H3,(H2,49,60)(H,50,65)(H,51,63)(H,52,66)(H,53,67)(H,54,64)/t30-,31+,36+,37-,43+/m1/s1. The summed E-state index contributed by atoms with van der Waals surface area (Å²) in [5, 5.41) is 44.3. The van der Waals surface area contributed by atoms with Crippen molar-refractivity contribution in [2.24, 2.45) is 5.73 Å². The van der Waals surface area contributed by atoms with E-state index in [0.29, 0.717) is 12.0 Å². The molecule has 19 heteroatoms. The largest absolute Gasteiger partial charge is 0.507 e. The number of rotatable bonds is 25. The average molecular weight is 937 g/mol. The number of amides is 8. The fourth-order valence-electron chi connectivity index (χ4n) is 7.80. The Morgan fingerprint density at radius 3 is 1.90 bits per heavy atom. The highest BCUT2D eigenvalue weighted by Gasteiger charge is 2.34. The molecule has 0 unspecified atom stereocenters. The first kappa shape index (κ1) is 55.1. The number of aliphatic hydroxyl groups is 1. The molecule has 0 aliphatic carbocycles. The third kappa shape index (κ3) is 17.5. The monoisotopic (exact) mass is 937 g/mol. The Hall–Kier alpha value is -6.24. The Labute approximate surface area is 393 Å². The quantitative estimate of drug-likeness (QED) is 0.0652. The van der Waals surface area contributed by atoms with E-state index in [2.05, 4.69) is 33.5 Å². The maximum Gasteiger partial charge on any atom is 0.248 e. The van der Waals surface area contributed by atoms with E-state index in [0.717, 1.165) is 29.1 Å². The number of aliphatic hydroxyl groups excluding tert-OH is 1. The zero-order chi connectivity index (χ0) is 49.6. The highest BCUT2D eigenvalue weighted by atomic mass is 16.3. The molecule has 2 aromatic carbocycles. The number of aromatic hydroxyl groups is 2. The van der Waals surface area contributed by atoms with Crippen LogP contribution in [0.2, 0.25) is 0 Å². The number of benzene rings is 2. The summed E-state index contributed by atoms with van der Waals surface area (Å²) >= 11 is 0. The van der Waals surface area contributed by atoms with E-state index in [9.17, 15) is 53.7 Å². The van der Waals surface area contributed by atoms with E-state index in [1.54, 1.807) is 0 Å². The van der Waals surface area contributed by atoms with Gasteiger partial charge in [-0.3, -0.25) is 38.4 Å². The van der Waals surface area contributed by atoms with Crippen molar-refractivity contribution in [3.8, 4) is 22.6 Å². The predicted octanol–water partition coefficient (Wildman–Crippen LogP) is 2.33. The molecular weight excluding hydrogens is 865 g/mol. The smallest absolute Gasteiger partial charge is 0.248 e. The lowest BCUT2D eigenvalue weighted by Gasteiger charge is -2.30. The minimum atomic E-state index is -1.49. The van der Waals surface area contributed by atoms with Gasteiger partial charge in [0, 0.05) is 38.1 Å². The average Bonchev–Trinajstić information content (AvgIpc) is 3.29. The normalized spacial score (nSPS) is 16.8. The summed E-state index contributed by atoms with van der Waals surface area (Å²) in [6.45, 7) is 3.06. The molecule has 19 nitrogen and oxygen atoms in total. The van der Waals surface area contributed by atoms with E-state index in [-0.39, 0.29) is 46.9 Å². The van der Waals surface area contributed by atoms with Gasteiger partial charge in [0.05, 0.1) is 19.7 Å². The number of nitrogens with two attached hydrogens (primary N) is 1. The summed E-state index contributed by atoms with van der Waals surface area (Å²) in [4.78, 5) is 107. The van der Waals surface area contributed by atoms with Crippen LogP contribution in [0.15, 0.2) is 36.4 Å². The number of carbonyl (C=O) groups is 8. The summed E-state index contributed by atoms with van der Waals surface area (Å²) in [7, 11) is 2.69. The molecular formula is C48H72N8O11. The highest BCUT2D eigenvalue weighted by molar-refractivity contribution is 5.97. The van der Waals surface area contributed by atoms with E-state index < -0.39 is 91.3 Å². The van der Waals surface area contributed by atoms with E-state index in [1.165, 1.54) is 122 Å². The second-order valence-corrected chi connectivity index (χ2v) is 17.4. The second kappa shape index (κ2) is 28.1. The third-order valence-electron chi connectivity index (χ3n) is 12.0. The number of hydrogen-bond donors (Lipinski definition) is 9. The molecule has 0 aromatic heterocycles. The van der Waals surface area contributed by atoms with Crippen LogP contribution in [0.4, 0.5) is 0 Å². The highest BCUT2D eigenvalue weighted by Crippen LogP contribution is 2.38. The van der Waals surface area contributed by atoms with Crippen LogP contribution in [-0.2, 0) is 44.8 Å². The van der Waals surface area contributed by atoms with Crippen molar-refractivity contribution in [1.82, 2.24) is 36.4 Å². The third-order valence-corrected chi connectivity index (χ3v) is 12.0. The molecule has 10 N–H and O–H groups in total. The SMILES string of the molecule is CCCCCCCCCCCCCCCC(=O)N(C)[C@H](CO)C(=O)N[C@H](C)C(=O)NCC(=O)N(C)[C@@H]1C(=O)N[C@@H](C)C(=O)N[C@H](C(=O)NCC(N)=O)Cc2ccc(O)c(c2)-c2cc1ccc2O. The Balaban J connectivity index is 1.64.